The molecule has 2 saturated heterocycles. The first kappa shape index (κ1) is 17.3. The first-order valence-electron chi connectivity index (χ1n) is 8.53. The van der Waals surface area contributed by atoms with Gasteiger partial charge in [-0.15, -0.1) is 0 Å². The molecule has 1 aromatic rings. The third-order valence-corrected chi connectivity index (χ3v) is 5.46. The van der Waals surface area contributed by atoms with E-state index in [4.69, 9.17) is 4.74 Å². The van der Waals surface area contributed by atoms with Gasteiger partial charge in [0.25, 0.3) is 0 Å². The molecule has 0 saturated carbocycles. The van der Waals surface area contributed by atoms with Gasteiger partial charge in [0, 0.05) is 31.1 Å². The minimum atomic E-state index is -0.291. The van der Waals surface area contributed by atoms with Crippen LogP contribution in [0.4, 0.5) is 0 Å². The maximum absolute atomic E-state index is 12.7. The van der Waals surface area contributed by atoms with Crippen molar-refractivity contribution in [1.29, 1.82) is 0 Å². The lowest BCUT2D eigenvalue weighted by molar-refractivity contribution is -0.146. The number of hydrogen-bond donors (Lipinski definition) is 0. The lowest BCUT2D eigenvalue weighted by Crippen LogP contribution is -2.50. The summed E-state index contributed by atoms with van der Waals surface area (Å²) in [7, 11) is 0. The molecule has 1 unspecified atom stereocenters. The van der Waals surface area contributed by atoms with Gasteiger partial charge >= 0.3 is 0 Å². The van der Waals surface area contributed by atoms with Crippen LogP contribution in [0.5, 0.6) is 0 Å². The first-order chi connectivity index (χ1) is 11.8. The molecule has 3 rings (SSSR count). The molecule has 2 fully saturated rings. The Morgan fingerprint density at radius 1 is 1.12 bits per heavy atom. The van der Waals surface area contributed by atoms with E-state index in [0.29, 0.717) is 13.2 Å². The van der Waals surface area contributed by atoms with Gasteiger partial charge in [-0.2, -0.15) is 11.8 Å². The molecule has 130 valence electrons. The van der Waals surface area contributed by atoms with Crippen molar-refractivity contribution in [3.63, 3.8) is 0 Å². The van der Waals surface area contributed by atoms with Crippen molar-refractivity contribution in [2.75, 3.05) is 37.7 Å². The molecule has 0 aromatic heterocycles. The van der Waals surface area contributed by atoms with Crippen molar-refractivity contribution >= 4 is 23.6 Å². The fourth-order valence-electron chi connectivity index (χ4n) is 3.23. The molecule has 1 atom stereocenters. The average Bonchev–Trinajstić information content (AvgIpc) is 3.12. The van der Waals surface area contributed by atoms with Crippen LogP contribution in [-0.4, -0.2) is 65.4 Å². The quantitative estimate of drug-likeness (QED) is 0.814. The van der Waals surface area contributed by atoms with Gasteiger partial charge in [0.05, 0.1) is 6.61 Å². The fraction of sp³-hybridized carbons (Fsp3) is 0.556. The van der Waals surface area contributed by atoms with Crippen molar-refractivity contribution in [2.45, 2.75) is 25.5 Å². The molecule has 6 heteroatoms. The van der Waals surface area contributed by atoms with E-state index in [1.165, 1.54) is 0 Å². The SMILES string of the molecule is O=C(C1CCCN1C(=O)COCc1ccccc1)N1CCSCC1. The van der Waals surface area contributed by atoms with Crippen molar-refractivity contribution in [2.24, 2.45) is 0 Å². The molecule has 0 aliphatic carbocycles. The first-order valence-corrected chi connectivity index (χ1v) is 9.69. The monoisotopic (exact) mass is 348 g/mol. The molecule has 1 aromatic carbocycles. The molecule has 2 aliphatic heterocycles. The Kier molecular flexibility index (Phi) is 6.15. The number of carbonyl (C=O) groups excluding carboxylic acids is 2. The van der Waals surface area contributed by atoms with E-state index in [1.807, 2.05) is 47.0 Å². The summed E-state index contributed by atoms with van der Waals surface area (Å²) in [5, 5.41) is 0. The van der Waals surface area contributed by atoms with Crippen molar-refractivity contribution in [1.82, 2.24) is 9.80 Å². The number of benzene rings is 1. The Morgan fingerprint density at radius 2 is 1.88 bits per heavy atom. The Bertz CT molecular complexity index is 561. The molecule has 2 heterocycles. The number of thioether (sulfide) groups is 1. The van der Waals surface area contributed by atoms with Crippen LogP contribution in [0.2, 0.25) is 0 Å². The highest BCUT2D eigenvalue weighted by molar-refractivity contribution is 7.99. The second-order valence-corrected chi connectivity index (χ2v) is 7.39. The van der Waals surface area contributed by atoms with E-state index in [2.05, 4.69) is 0 Å². The second kappa shape index (κ2) is 8.53. The summed E-state index contributed by atoms with van der Waals surface area (Å²) in [6.07, 6.45) is 1.66. The molecule has 2 amide bonds. The van der Waals surface area contributed by atoms with Gasteiger partial charge in [-0.1, -0.05) is 30.3 Å². The third-order valence-electron chi connectivity index (χ3n) is 4.52. The standard InChI is InChI=1S/C18H24N2O3S/c21-17(14-23-13-15-5-2-1-3-6-15)20-8-4-7-16(20)18(22)19-9-11-24-12-10-19/h1-3,5-6,16H,4,7-14H2. The summed E-state index contributed by atoms with van der Waals surface area (Å²) in [5.41, 5.74) is 1.05. The van der Waals surface area contributed by atoms with Crippen LogP contribution in [0, 0.1) is 0 Å². The summed E-state index contributed by atoms with van der Waals surface area (Å²) in [6.45, 7) is 2.71. The van der Waals surface area contributed by atoms with E-state index in [-0.39, 0.29) is 24.5 Å². The molecular weight excluding hydrogens is 324 g/mol. The van der Waals surface area contributed by atoms with Gasteiger partial charge in [0.1, 0.15) is 12.6 Å². The summed E-state index contributed by atoms with van der Waals surface area (Å²) in [4.78, 5) is 28.8. The van der Waals surface area contributed by atoms with Crippen molar-refractivity contribution in [3.05, 3.63) is 35.9 Å². The normalized spacial score (nSPS) is 21.1. The number of hydrogen-bond acceptors (Lipinski definition) is 4. The fourth-order valence-corrected chi connectivity index (χ4v) is 4.13. The number of amides is 2. The summed E-state index contributed by atoms with van der Waals surface area (Å²) >= 11 is 1.88. The summed E-state index contributed by atoms with van der Waals surface area (Å²) < 4.78 is 5.55. The molecule has 5 nitrogen and oxygen atoms in total. The number of ether oxygens (including phenoxy) is 1. The highest BCUT2D eigenvalue weighted by atomic mass is 32.2. The Morgan fingerprint density at radius 3 is 2.62 bits per heavy atom. The van der Waals surface area contributed by atoms with Crippen LogP contribution in [-0.2, 0) is 20.9 Å². The molecule has 0 radical (unpaired) electrons. The number of nitrogens with zero attached hydrogens (tertiary/aromatic N) is 2. The van der Waals surface area contributed by atoms with E-state index >= 15 is 0 Å². The highest BCUT2D eigenvalue weighted by Gasteiger charge is 2.36. The van der Waals surface area contributed by atoms with E-state index in [1.54, 1.807) is 4.90 Å². The Hall–Kier alpha value is -1.53. The minimum absolute atomic E-state index is 0.0362. The highest BCUT2D eigenvalue weighted by Crippen LogP contribution is 2.21. The van der Waals surface area contributed by atoms with Gasteiger partial charge in [-0.3, -0.25) is 9.59 Å². The van der Waals surface area contributed by atoms with Crippen LogP contribution in [0.15, 0.2) is 30.3 Å². The second-order valence-electron chi connectivity index (χ2n) is 6.16. The van der Waals surface area contributed by atoms with E-state index < -0.39 is 0 Å². The van der Waals surface area contributed by atoms with Crippen molar-refractivity contribution < 1.29 is 14.3 Å². The van der Waals surface area contributed by atoms with E-state index in [9.17, 15) is 9.59 Å². The molecular formula is C18H24N2O3S. The van der Waals surface area contributed by atoms with Gasteiger partial charge in [0.2, 0.25) is 11.8 Å². The van der Waals surface area contributed by atoms with Crippen LogP contribution in [0.25, 0.3) is 0 Å². The maximum Gasteiger partial charge on any atom is 0.249 e. The predicted octanol–water partition coefficient (Wildman–Crippen LogP) is 1.77. The number of likely N-dealkylation sites (tertiary alicyclic amines) is 1. The predicted molar refractivity (Wildman–Crippen MR) is 94.7 cm³/mol. The number of rotatable bonds is 5. The molecule has 0 spiro atoms. The molecule has 0 N–H and O–H groups in total. The van der Waals surface area contributed by atoms with Crippen LogP contribution < -0.4 is 0 Å². The molecule has 2 aliphatic rings. The third kappa shape index (κ3) is 4.30. The summed E-state index contributed by atoms with van der Waals surface area (Å²) in [5.74, 6) is 2.02. The summed E-state index contributed by atoms with van der Waals surface area (Å²) in [6, 6.07) is 9.51. The van der Waals surface area contributed by atoms with Crippen LogP contribution in [0.3, 0.4) is 0 Å². The zero-order valence-electron chi connectivity index (χ0n) is 13.9. The lowest BCUT2D eigenvalue weighted by atomic mass is 10.2. The Balaban J connectivity index is 1.50. The zero-order valence-corrected chi connectivity index (χ0v) is 14.7. The maximum atomic E-state index is 12.7. The Labute approximate surface area is 147 Å². The molecule has 24 heavy (non-hydrogen) atoms. The van der Waals surface area contributed by atoms with Gasteiger partial charge in [-0.05, 0) is 18.4 Å². The zero-order chi connectivity index (χ0) is 16.8. The van der Waals surface area contributed by atoms with Gasteiger partial charge < -0.3 is 14.5 Å². The van der Waals surface area contributed by atoms with E-state index in [0.717, 1.165) is 43.0 Å². The molecule has 0 bridgehead atoms. The van der Waals surface area contributed by atoms with Crippen LogP contribution >= 0.6 is 11.8 Å². The minimum Gasteiger partial charge on any atom is -0.367 e. The number of carbonyl (C=O) groups is 2. The topological polar surface area (TPSA) is 49.9 Å². The van der Waals surface area contributed by atoms with Gasteiger partial charge in [0.15, 0.2) is 0 Å². The smallest absolute Gasteiger partial charge is 0.249 e. The lowest BCUT2D eigenvalue weighted by Gasteiger charge is -2.32. The van der Waals surface area contributed by atoms with Crippen LogP contribution in [0.1, 0.15) is 18.4 Å². The van der Waals surface area contributed by atoms with Gasteiger partial charge in [-0.25, -0.2) is 0 Å². The average molecular weight is 348 g/mol. The van der Waals surface area contributed by atoms with Crippen molar-refractivity contribution in [3.8, 4) is 0 Å². The largest absolute Gasteiger partial charge is 0.367 e.